The zero-order valence-electron chi connectivity index (χ0n) is 7.82. The lowest BCUT2D eigenvalue weighted by Crippen LogP contribution is -2.26. The van der Waals surface area contributed by atoms with E-state index < -0.39 is 0 Å². The Morgan fingerprint density at radius 3 is 3.00 bits per heavy atom. The van der Waals surface area contributed by atoms with Gasteiger partial charge in [-0.3, -0.25) is 9.48 Å². The average molecular weight is 182 g/mol. The van der Waals surface area contributed by atoms with Crippen LogP contribution in [0, 0.1) is 5.92 Å². The van der Waals surface area contributed by atoms with Gasteiger partial charge in [-0.05, 0) is 0 Å². The Kier molecular flexibility index (Phi) is 3.02. The molecule has 1 heterocycles. The van der Waals surface area contributed by atoms with E-state index in [-0.39, 0.29) is 11.8 Å². The summed E-state index contributed by atoms with van der Waals surface area (Å²) in [4.78, 5) is 11.3. The van der Waals surface area contributed by atoms with Crippen LogP contribution in [0.4, 0.5) is 5.69 Å². The highest BCUT2D eigenvalue weighted by Gasteiger charge is 2.10. The Balaban J connectivity index is 2.54. The van der Waals surface area contributed by atoms with Crippen molar-refractivity contribution in [3.63, 3.8) is 0 Å². The van der Waals surface area contributed by atoms with Crippen molar-refractivity contribution in [2.75, 3.05) is 11.9 Å². The molecule has 0 aromatic carbocycles. The minimum Gasteiger partial charge on any atom is -0.330 e. The van der Waals surface area contributed by atoms with Crippen molar-refractivity contribution in [3.8, 4) is 0 Å². The maximum Gasteiger partial charge on any atom is 0.228 e. The molecule has 0 radical (unpaired) electrons. The highest BCUT2D eigenvalue weighted by atomic mass is 16.1. The lowest BCUT2D eigenvalue weighted by molar-refractivity contribution is -0.119. The number of aryl methyl sites for hydroxylation is 1. The van der Waals surface area contributed by atoms with Crippen LogP contribution in [-0.4, -0.2) is 22.2 Å². The number of amides is 1. The van der Waals surface area contributed by atoms with E-state index in [9.17, 15) is 4.79 Å². The maximum absolute atomic E-state index is 11.3. The standard InChI is InChI=1S/C8H14N4O/c1-6(3-9)8(13)11-7-4-10-12(2)5-7/h4-6H,3,9H2,1-2H3,(H,11,13)/t6-/m1/s1. The molecule has 0 saturated carbocycles. The number of hydrogen-bond donors (Lipinski definition) is 2. The number of nitrogens with zero attached hydrogens (tertiary/aromatic N) is 2. The van der Waals surface area contributed by atoms with E-state index in [1.165, 1.54) is 0 Å². The third-order valence-corrected chi connectivity index (χ3v) is 1.77. The summed E-state index contributed by atoms with van der Waals surface area (Å²) in [6.45, 7) is 2.14. The lowest BCUT2D eigenvalue weighted by Gasteiger charge is -2.07. The first-order valence-electron chi connectivity index (χ1n) is 4.13. The van der Waals surface area contributed by atoms with Crippen LogP contribution < -0.4 is 11.1 Å². The van der Waals surface area contributed by atoms with Crippen LogP contribution >= 0.6 is 0 Å². The van der Waals surface area contributed by atoms with Gasteiger partial charge in [0.1, 0.15) is 0 Å². The summed E-state index contributed by atoms with van der Waals surface area (Å²) in [5, 5.41) is 6.64. The number of carbonyl (C=O) groups excluding carboxylic acids is 1. The van der Waals surface area contributed by atoms with Crippen LogP contribution in [0.25, 0.3) is 0 Å². The molecule has 0 unspecified atom stereocenters. The molecule has 5 nitrogen and oxygen atoms in total. The van der Waals surface area contributed by atoms with Crippen molar-refractivity contribution in [2.45, 2.75) is 6.92 Å². The first kappa shape index (κ1) is 9.73. The summed E-state index contributed by atoms with van der Waals surface area (Å²) in [6.07, 6.45) is 3.34. The maximum atomic E-state index is 11.3. The van der Waals surface area contributed by atoms with Gasteiger partial charge in [0.15, 0.2) is 0 Å². The van der Waals surface area contributed by atoms with Crippen molar-refractivity contribution in [3.05, 3.63) is 12.4 Å². The van der Waals surface area contributed by atoms with Crippen molar-refractivity contribution >= 4 is 11.6 Å². The molecule has 72 valence electrons. The largest absolute Gasteiger partial charge is 0.330 e. The minimum absolute atomic E-state index is 0.0736. The fraction of sp³-hybridized carbons (Fsp3) is 0.500. The van der Waals surface area contributed by atoms with E-state index in [2.05, 4.69) is 10.4 Å². The van der Waals surface area contributed by atoms with Gasteiger partial charge < -0.3 is 11.1 Å². The monoisotopic (exact) mass is 182 g/mol. The number of nitrogens with two attached hydrogens (primary N) is 1. The van der Waals surface area contributed by atoms with Crippen LogP contribution in [0.5, 0.6) is 0 Å². The average Bonchev–Trinajstić information content (AvgIpc) is 2.49. The summed E-state index contributed by atoms with van der Waals surface area (Å²) in [6, 6.07) is 0. The Morgan fingerprint density at radius 1 is 1.85 bits per heavy atom. The summed E-state index contributed by atoms with van der Waals surface area (Å²) in [5.41, 5.74) is 6.05. The molecule has 0 aliphatic carbocycles. The third kappa shape index (κ3) is 2.55. The molecule has 0 aliphatic heterocycles. The topological polar surface area (TPSA) is 72.9 Å². The fourth-order valence-electron chi connectivity index (χ4n) is 0.858. The second-order valence-electron chi connectivity index (χ2n) is 3.03. The molecule has 1 amide bonds. The fourth-order valence-corrected chi connectivity index (χ4v) is 0.858. The van der Waals surface area contributed by atoms with E-state index in [0.29, 0.717) is 12.2 Å². The molecule has 5 heteroatoms. The molecule has 0 aliphatic rings. The first-order chi connectivity index (χ1) is 6.13. The minimum atomic E-state index is -0.166. The number of carbonyl (C=O) groups is 1. The van der Waals surface area contributed by atoms with Crippen molar-refractivity contribution in [2.24, 2.45) is 18.7 Å². The Labute approximate surface area is 76.9 Å². The Morgan fingerprint density at radius 2 is 2.54 bits per heavy atom. The number of rotatable bonds is 3. The van der Waals surface area contributed by atoms with Crippen molar-refractivity contribution < 1.29 is 4.79 Å². The summed E-state index contributed by atoms with van der Waals surface area (Å²) >= 11 is 0. The van der Waals surface area contributed by atoms with Gasteiger partial charge in [0, 0.05) is 25.7 Å². The van der Waals surface area contributed by atoms with Crippen molar-refractivity contribution in [1.29, 1.82) is 0 Å². The number of anilines is 1. The van der Waals surface area contributed by atoms with Gasteiger partial charge in [-0.25, -0.2) is 0 Å². The van der Waals surface area contributed by atoms with Gasteiger partial charge in [-0.2, -0.15) is 5.10 Å². The smallest absolute Gasteiger partial charge is 0.228 e. The number of nitrogens with one attached hydrogen (secondary N) is 1. The SMILES string of the molecule is C[C@H](CN)C(=O)Nc1cnn(C)c1. The summed E-state index contributed by atoms with van der Waals surface area (Å²) < 4.78 is 1.63. The molecule has 1 aromatic heterocycles. The summed E-state index contributed by atoms with van der Waals surface area (Å²) in [7, 11) is 1.79. The molecule has 1 atom stereocenters. The van der Waals surface area contributed by atoms with Gasteiger partial charge in [-0.15, -0.1) is 0 Å². The molecule has 0 saturated heterocycles. The van der Waals surface area contributed by atoms with Crippen LogP contribution in [0.15, 0.2) is 12.4 Å². The highest BCUT2D eigenvalue weighted by molar-refractivity contribution is 5.92. The van der Waals surface area contributed by atoms with Gasteiger partial charge in [0.25, 0.3) is 0 Å². The van der Waals surface area contributed by atoms with E-state index in [4.69, 9.17) is 5.73 Å². The molecule has 1 aromatic rings. The van der Waals surface area contributed by atoms with Crippen LogP contribution in [0.1, 0.15) is 6.92 Å². The lowest BCUT2D eigenvalue weighted by atomic mass is 10.2. The Bertz CT molecular complexity index is 294. The molecule has 1 rings (SSSR count). The molecular weight excluding hydrogens is 168 g/mol. The van der Waals surface area contributed by atoms with Gasteiger partial charge in [0.2, 0.25) is 5.91 Å². The zero-order chi connectivity index (χ0) is 9.84. The van der Waals surface area contributed by atoms with E-state index in [0.717, 1.165) is 0 Å². The predicted molar refractivity (Wildman–Crippen MR) is 50.1 cm³/mol. The molecule has 3 N–H and O–H groups in total. The second kappa shape index (κ2) is 4.04. The zero-order valence-corrected chi connectivity index (χ0v) is 7.82. The predicted octanol–water partition coefficient (Wildman–Crippen LogP) is -0.0466. The van der Waals surface area contributed by atoms with Gasteiger partial charge in [0.05, 0.1) is 11.9 Å². The first-order valence-corrected chi connectivity index (χ1v) is 4.13. The molecule has 0 fully saturated rings. The molecule has 13 heavy (non-hydrogen) atoms. The van der Waals surface area contributed by atoms with Crippen LogP contribution in [0.3, 0.4) is 0 Å². The molecule has 0 spiro atoms. The number of aromatic nitrogens is 2. The van der Waals surface area contributed by atoms with E-state index >= 15 is 0 Å². The van der Waals surface area contributed by atoms with E-state index in [1.54, 1.807) is 31.0 Å². The van der Waals surface area contributed by atoms with Crippen LogP contribution in [0.2, 0.25) is 0 Å². The quantitative estimate of drug-likeness (QED) is 0.688. The molecular formula is C8H14N4O. The van der Waals surface area contributed by atoms with Gasteiger partial charge >= 0.3 is 0 Å². The van der Waals surface area contributed by atoms with Gasteiger partial charge in [-0.1, -0.05) is 6.92 Å². The highest BCUT2D eigenvalue weighted by Crippen LogP contribution is 2.05. The van der Waals surface area contributed by atoms with E-state index in [1.807, 2.05) is 0 Å². The Hall–Kier alpha value is -1.36. The van der Waals surface area contributed by atoms with Crippen molar-refractivity contribution in [1.82, 2.24) is 9.78 Å². The molecule has 0 bridgehead atoms. The normalized spacial score (nSPS) is 12.5. The summed E-state index contributed by atoms with van der Waals surface area (Å²) in [5.74, 6) is -0.240. The van der Waals surface area contributed by atoms with Crippen LogP contribution in [-0.2, 0) is 11.8 Å². The number of hydrogen-bond acceptors (Lipinski definition) is 3. The second-order valence-corrected chi connectivity index (χ2v) is 3.03. The third-order valence-electron chi connectivity index (χ3n) is 1.77.